The summed E-state index contributed by atoms with van der Waals surface area (Å²) >= 11 is 6.21. The van der Waals surface area contributed by atoms with E-state index in [0.717, 1.165) is 17.5 Å². The van der Waals surface area contributed by atoms with Gasteiger partial charge in [-0.25, -0.2) is 5.43 Å². The van der Waals surface area contributed by atoms with Crippen LogP contribution in [0.2, 0.25) is 5.02 Å². The molecule has 0 saturated carbocycles. The number of ether oxygens (including phenoxy) is 4. The molecule has 35 heavy (non-hydrogen) atoms. The summed E-state index contributed by atoms with van der Waals surface area (Å²) in [5.74, 6) is 1.87. The summed E-state index contributed by atoms with van der Waals surface area (Å²) in [6, 6.07) is 17.9. The van der Waals surface area contributed by atoms with E-state index in [1.165, 1.54) is 13.3 Å². The quantitative estimate of drug-likeness (QED) is 0.250. The first-order chi connectivity index (χ1) is 17.0. The topological polar surface area (TPSA) is 78.4 Å². The zero-order valence-corrected chi connectivity index (χ0v) is 20.8. The lowest BCUT2D eigenvalue weighted by Crippen LogP contribution is -2.17. The van der Waals surface area contributed by atoms with Gasteiger partial charge in [-0.1, -0.05) is 36.7 Å². The molecule has 0 saturated heterocycles. The summed E-state index contributed by atoms with van der Waals surface area (Å²) < 4.78 is 22.6. The van der Waals surface area contributed by atoms with Crippen molar-refractivity contribution in [2.24, 2.45) is 5.10 Å². The molecule has 1 N–H and O–H groups in total. The number of hydrogen-bond donors (Lipinski definition) is 1. The van der Waals surface area contributed by atoms with Crippen LogP contribution in [0.5, 0.6) is 23.0 Å². The van der Waals surface area contributed by atoms with Gasteiger partial charge in [0.15, 0.2) is 23.0 Å². The molecule has 0 atom stereocenters. The van der Waals surface area contributed by atoms with Crippen LogP contribution in [0.15, 0.2) is 65.8 Å². The number of carbonyl (C=O) groups is 1. The molecule has 1 amide bonds. The molecule has 0 bridgehead atoms. The largest absolute Gasteiger partial charge is 0.493 e. The highest BCUT2D eigenvalue weighted by atomic mass is 35.5. The van der Waals surface area contributed by atoms with Crippen LogP contribution in [-0.4, -0.2) is 32.4 Å². The number of benzene rings is 3. The molecule has 0 aliphatic carbocycles. The average molecular weight is 497 g/mol. The van der Waals surface area contributed by atoms with Crippen molar-refractivity contribution in [1.29, 1.82) is 0 Å². The maximum Gasteiger partial charge on any atom is 0.271 e. The molecule has 8 heteroatoms. The summed E-state index contributed by atoms with van der Waals surface area (Å²) in [4.78, 5) is 12.5. The predicted molar refractivity (Wildman–Crippen MR) is 137 cm³/mol. The minimum Gasteiger partial charge on any atom is -0.493 e. The van der Waals surface area contributed by atoms with Crippen LogP contribution in [0.3, 0.4) is 0 Å². The monoisotopic (exact) mass is 496 g/mol. The Kier molecular flexibility index (Phi) is 9.80. The first kappa shape index (κ1) is 25.9. The van der Waals surface area contributed by atoms with Crippen molar-refractivity contribution in [3.63, 3.8) is 0 Å². The average Bonchev–Trinajstić information content (AvgIpc) is 2.87. The number of hydrogen-bond acceptors (Lipinski definition) is 6. The van der Waals surface area contributed by atoms with Gasteiger partial charge in [0.25, 0.3) is 5.91 Å². The molecule has 0 unspecified atom stereocenters. The molecular formula is C27H29ClN2O5. The molecule has 0 aliphatic rings. The summed E-state index contributed by atoms with van der Waals surface area (Å²) in [6.07, 6.45) is 2.41. The van der Waals surface area contributed by atoms with Crippen LogP contribution in [-0.2, 0) is 6.61 Å². The Morgan fingerprint density at radius 3 is 2.46 bits per heavy atom. The normalized spacial score (nSPS) is 10.7. The number of rotatable bonds is 12. The lowest BCUT2D eigenvalue weighted by Gasteiger charge is -2.13. The molecule has 7 nitrogen and oxygen atoms in total. The van der Waals surface area contributed by atoms with Crippen molar-refractivity contribution >= 4 is 23.7 Å². The second kappa shape index (κ2) is 13.2. The minimum absolute atomic E-state index is 0.314. The lowest BCUT2D eigenvalue weighted by atomic mass is 10.2. The number of amides is 1. The summed E-state index contributed by atoms with van der Waals surface area (Å²) in [5.41, 5.74) is 4.55. The van der Waals surface area contributed by atoms with Gasteiger partial charge in [-0.2, -0.15) is 5.10 Å². The molecule has 3 aromatic rings. The van der Waals surface area contributed by atoms with Gasteiger partial charge in [0.2, 0.25) is 0 Å². The molecule has 3 rings (SSSR count). The fraction of sp³-hybridized carbons (Fsp3) is 0.259. The molecule has 0 aliphatic heterocycles. The Labute approximate surface area is 210 Å². The standard InChI is InChI=1S/C27H29ClN2O5/c1-4-14-34-23-13-11-20(16-25(23)32-3)27(31)30-29-17-19-10-12-24(26(15-19)33-5-2)35-18-21-8-6-7-9-22(21)28/h6-13,15-17H,4-5,14,18H2,1-3H3,(H,30,31)/b29-17+. The summed E-state index contributed by atoms with van der Waals surface area (Å²) in [7, 11) is 1.53. The van der Waals surface area contributed by atoms with Crippen molar-refractivity contribution in [2.75, 3.05) is 20.3 Å². The zero-order valence-electron chi connectivity index (χ0n) is 20.0. The number of nitrogens with one attached hydrogen (secondary N) is 1. The lowest BCUT2D eigenvalue weighted by molar-refractivity contribution is 0.0954. The van der Waals surface area contributed by atoms with E-state index in [0.29, 0.717) is 53.4 Å². The van der Waals surface area contributed by atoms with Gasteiger partial charge >= 0.3 is 0 Å². The Morgan fingerprint density at radius 1 is 0.943 bits per heavy atom. The van der Waals surface area contributed by atoms with E-state index in [-0.39, 0.29) is 5.91 Å². The highest BCUT2D eigenvalue weighted by Crippen LogP contribution is 2.30. The fourth-order valence-corrected chi connectivity index (χ4v) is 3.32. The van der Waals surface area contributed by atoms with Crippen LogP contribution in [0, 0.1) is 0 Å². The van der Waals surface area contributed by atoms with Gasteiger partial charge < -0.3 is 18.9 Å². The Bertz CT molecular complexity index is 1170. The van der Waals surface area contributed by atoms with E-state index in [9.17, 15) is 4.79 Å². The van der Waals surface area contributed by atoms with Gasteiger partial charge in [0.1, 0.15) is 6.61 Å². The van der Waals surface area contributed by atoms with Crippen molar-refractivity contribution in [1.82, 2.24) is 5.43 Å². The highest BCUT2D eigenvalue weighted by molar-refractivity contribution is 6.31. The maximum absolute atomic E-state index is 12.5. The van der Waals surface area contributed by atoms with E-state index < -0.39 is 0 Å². The maximum atomic E-state index is 12.5. The fourth-order valence-electron chi connectivity index (χ4n) is 3.13. The van der Waals surface area contributed by atoms with Crippen molar-refractivity contribution < 1.29 is 23.7 Å². The van der Waals surface area contributed by atoms with Crippen molar-refractivity contribution in [3.05, 3.63) is 82.4 Å². The third-order valence-electron chi connectivity index (χ3n) is 4.88. The Hall–Kier alpha value is -3.71. The summed E-state index contributed by atoms with van der Waals surface area (Å²) in [6.45, 7) is 5.27. The van der Waals surface area contributed by atoms with Crippen LogP contribution >= 0.6 is 11.6 Å². The van der Waals surface area contributed by atoms with Gasteiger partial charge in [-0.05, 0) is 61.4 Å². The summed E-state index contributed by atoms with van der Waals surface area (Å²) in [5, 5.41) is 4.72. The van der Waals surface area contributed by atoms with Crippen LogP contribution in [0.25, 0.3) is 0 Å². The van der Waals surface area contributed by atoms with Crippen LogP contribution in [0.1, 0.15) is 41.8 Å². The number of hydrazone groups is 1. The second-order valence-electron chi connectivity index (χ2n) is 7.43. The molecule has 0 spiro atoms. The molecule has 0 aromatic heterocycles. The second-order valence-corrected chi connectivity index (χ2v) is 7.84. The van der Waals surface area contributed by atoms with Crippen LogP contribution < -0.4 is 24.4 Å². The third kappa shape index (κ3) is 7.39. The molecule has 184 valence electrons. The minimum atomic E-state index is -0.369. The molecule has 0 heterocycles. The zero-order chi connectivity index (χ0) is 25.0. The Balaban J connectivity index is 1.65. The number of halogens is 1. The van der Waals surface area contributed by atoms with E-state index in [1.807, 2.05) is 44.2 Å². The smallest absolute Gasteiger partial charge is 0.271 e. The Morgan fingerprint density at radius 2 is 1.71 bits per heavy atom. The van der Waals surface area contributed by atoms with Gasteiger partial charge in [0, 0.05) is 16.1 Å². The van der Waals surface area contributed by atoms with E-state index >= 15 is 0 Å². The van der Waals surface area contributed by atoms with E-state index in [2.05, 4.69) is 10.5 Å². The number of nitrogens with zero attached hydrogens (tertiary/aromatic N) is 1. The highest BCUT2D eigenvalue weighted by Gasteiger charge is 2.11. The molecule has 0 radical (unpaired) electrons. The third-order valence-corrected chi connectivity index (χ3v) is 5.24. The number of carbonyl (C=O) groups excluding carboxylic acids is 1. The first-order valence-corrected chi connectivity index (χ1v) is 11.7. The SMILES string of the molecule is CCCOc1ccc(C(=O)N/N=C/c2ccc(OCc3ccccc3Cl)c(OCC)c2)cc1OC. The van der Waals surface area contributed by atoms with Crippen molar-refractivity contribution in [2.45, 2.75) is 26.9 Å². The van der Waals surface area contributed by atoms with Gasteiger partial charge in [-0.15, -0.1) is 0 Å². The van der Waals surface area contributed by atoms with Gasteiger partial charge in [-0.3, -0.25) is 4.79 Å². The van der Waals surface area contributed by atoms with E-state index in [1.54, 1.807) is 30.3 Å². The molecule has 3 aromatic carbocycles. The number of methoxy groups -OCH3 is 1. The van der Waals surface area contributed by atoms with Crippen LogP contribution in [0.4, 0.5) is 0 Å². The first-order valence-electron chi connectivity index (χ1n) is 11.3. The predicted octanol–water partition coefficient (Wildman–Crippen LogP) is 5.88. The van der Waals surface area contributed by atoms with Gasteiger partial charge in [0.05, 0.1) is 26.5 Å². The van der Waals surface area contributed by atoms with E-state index in [4.69, 9.17) is 30.5 Å². The molecule has 0 fully saturated rings. The molecular weight excluding hydrogens is 468 g/mol. The van der Waals surface area contributed by atoms with Crippen molar-refractivity contribution in [3.8, 4) is 23.0 Å².